The summed E-state index contributed by atoms with van der Waals surface area (Å²) >= 11 is 0. The molecule has 0 spiro atoms. The SMILES string of the molecule is CNS(=O)(=O)Cc1ccccc1CNC(=O)Cn1nnc2ccccc2c1=O. The second-order valence-corrected chi connectivity index (χ2v) is 8.00. The van der Waals surface area contributed by atoms with Crippen LogP contribution in [0.4, 0.5) is 0 Å². The number of benzene rings is 2. The van der Waals surface area contributed by atoms with Gasteiger partial charge in [-0.25, -0.2) is 17.8 Å². The summed E-state index contributed by atoms with van der Waals surface area (Å²) in [4.78, 5) is 24.6. The first-order chi connectivity index (χ1) is 13.4. The van der Waals surface area contributed by atoms with Gasteiger partial charge in [0.15, 0.2) is 0 Å². The number of aromatic nitrogens is 3. The molecule has 0 aliphatic heterocycles. The first-order valence-electron chi connectivity index (χ1n) is 8.47. The van der Waals surface area contributed by atoms with Crippen molar-refractivity contribution >= 4 is 26.8 Å². The van der Waals surface area contributed by atoms with Crippen LogP contribution in [-0.2, 0) is 33.7 Å². The molecule has 0 unspecified atom stereocenters. The van der Waals surface area contributed by atoms with E-state index in [1.54, 1.807) is 48.5 Å². The number of amides is 1. The number of sulfonamides is 1. The van der Waals surface area contributed by atoms with Gasteiger partial charge in [-0.05, 0) is 30.3 Å². The van der Waals surface area contributed by atoms with Gasteiger partial charge < -0.3 is 5.32 Å². The van der Waals surface area contributed by atoms with Crippen LogP contribution < -0.4 is 15.6 Å². The van der Waals surface area contributed by atoms with Crippen LogP contribution in [0.2, 0.25) is 0 Å². The molecule has 1 amide bonds. The maximum atomic E-state index is 12.4. The average Bonchev–Trinajstić information content (AvgIpc) is 2.69. The number of fused-ring (bicyclic) bond motifs is 1. The molecule has 2 N–H and O–H groups in total. The van der Waals surface area contributed by atoms with Crippen LogP contribution in [0.25, 0.3) is 10.9 Å². The Morgan fingerprint density at radius 3 is 2.50 bits per heavy atom. The highest BCUT2D eigenvalue weighted by Gasteiger charge is 2.13. The van der Waals surface area contributed by atoms with Crippen molar-refractivity contribution in [1.29, 1.82) is 0 Å². The highest BCUT2D eigenvalue weighted by Crippen LogP contribution is 2.12. The highest BCUT2D eigenvalue weighted by molar-refractivity contribution is 7.88. The van der Waals surface area contributed by atoms with Crippen molar-refractivity contribution in [3.05, 3.63) is 70.0 Å². The van der Waals surface area contributed by atoms with E-state index in [2.05, 4.69) is 20.4 Å². The molecule has 3 rings (SSSR count). The number of nitrogens with one attached hydrogen (secondary N) is 2. The number of carbonyl (C=O) groups is 1. The van der Waals surface area contributed by atoms with Gasteiger partial charge in [0.1, 0.15) is 12.1 Å². The zero-order chi connectivity index (χ0) is 20.1. The predicted molar refractivity (Wildman–Crippen MR) is 104 cm³/mol. The molecule has 0 aliphatic carbocycles. The lowest BCUT2D eigenvalue weighted by molar-refractivity contribution is -0.122. The first-order valence-corrected chi connectivity index (χ1v) is 10.1. The Bertz CT molecular complexity index is 1170. The van der Waals surface area contributed by atoms with E-state index in [0.29, 0.717) is 22.0 Å². The standard InChI is InChI=1S/C18H19N5O4S/c1-19-28(26,27)12-14-7-3-2-6-13(14)10-20-17(24)11-23-18(25)15-8-4-5-9-16(15)21-22-23/h2-9,19H,10-12H2,1H3,(H,20,24). The van der Waals surface area contributed by atoms with Gasteiger partial charge in [-0.15, -0.1) is 5.10 Å². The second kappa shape index (κ2) is 8.28. The van der Waals surface area contributed by atoms with E-state index in [-0.39, 0.29) is 18.8 Å². The first kappa shape index (κ1) is 19.6. The summed E-state index contributed by atoms with van der Waals surface area (Å²) in [6, 6.07) is 13.7. The van der Waals surface area contributed by atoms with Crippen molar-refractivity contribution in [3.8, 4) is 0 Å². The molecule has 146 valence electrons. The van der Waals surface area contributed by atoms with Crippen molar-refractivity contribution < 1.29 is 13.2 Å². The minimum atomic E-state index is -3.43. The number of nitrogens with zero attached hydrogens (tertiary/aromatic N) is 3. The van der Waals surface area contributed by atoms with Gasteiger partial charge in [0, 0.05) is 6.54 Å². The van der Waals surface area contributed by atoms with Gasteiger partial charge in [-0.3, -0.25) is 9.59 Å². The lowest BCUT2D eigenvalue weighted by Crippen LogP contribution is -2.34. The zero-order valence-corrected chi connectivity index (χ0v) is 15.9. The molecule has 0 atom stereocenters. The fourth-order valence-electron chi connectivity index (χ4n) is 2.66. The highest BCUT2D eigenvalue weighted by atomic mass is 32.2. The normalized spacial score (nSPS) is 11.5. The topological polar surface area (TPSA) is 123 Å². The van der Waals surface area contributed by atoms with Gasteiger partial charge in [0.2, 0.25) is 15.9 Å². The van der Waals surface area contributed by atoms with Crippen LogP contribution in [-0.4, -0.2) is 36.4 Å². The molecule has 0 fully saturated rings. The summed E-state index contributed by atoms with van der Waals surface area (Å²) in [6.07, 6.45) is 0. The van der Waals surface area contributed by atoms with E-state index in [1.165, 1.54) is 7.05 Å². The molecule has 2 aromatic carbocycles. The van der Waals surface area contributed by atoms with E-state index >= 15 is 0 Å². The molecular weight excluding hydrogens is 382 g/mol. The van der Waals surface area contributed by atoms with Crippen LogP contribution in [0, 0.1) is 0 Å². The maximum Gasteiger partial charge on any atom is 0.278 e. The molecule has 0 saturated carbocycles. The summed E-state index contributed by atoms with van der Waals surface area (Å²) in [6.45, 7) is -0.155. The number of rotatable bonds is 7. The van der Waals surface area contributed by atoms with Gasteiger partial charge in [-0.1, -0.05) is 41.6 Å². The Labute approximate surface area is 161 Å². The summed E-state index contributed by atoms with van der Waals surface area (Å²) < 4.78 is 26.8. The van der Waals surface area contributed by atoms with Crippen molar-refractivity contribution in [1.82, 2.24) is 25.0 Å². The monoisotopic (exact) mass is 401 g/mol. The van der Waals surface area contributed by atoms with E-state index < -0.39 is 21.5 Å². The summed E-state index contributed by atoms with van der Waals surface area (Å²) in [5.41, 5.74) is 1.32. The van der Waals surface area contributed by atoms with Crippen LogP contribution in [0.1, 0.15) is 11.1 Å². The molecule has 1 heterocycles. The van der Waals surface area contributed by atoms with Gasteiger partial charge >= 0.3 is 0 Å². The lowest BCUT2D eigenvalue weighted by Gasteiger charge is -2.11. The third kappa shape index (κ3) is 4.59. The lowest BCUT2D eigenvalue weighted by atomic mass is 10.1. The third-order valence-corrected chi connectivity index (χ3v) is 5.49. The molecule has 0 saturated heterocycles. The number of hydrogen-bond acceptors (Lipinski definition) is 6. The van der Waals surface area contributed by atoms with Gasteiger partial charge in [0.25, 0.3) is 5.56 Å². The molecule has 1 aromatic heterocycles. The molecule has 9 nitrogen and oxygen atoms in total. The molecule has 0 radical (unpaired) electrons. The van der Waals surface area contributed by atoms with Crippen molar-refractivity contribution in [2.24, 2.45) is 0 Å². The van der Waals surface area contributed by atoms with E-state index in [9.17, 15) is 18.0 Å². The van der Waals surface area contributed by atoms with E-state index in [0.717, 1.165) is 4.68 Å². The van der Waals surface area contributed by atoms with Crippen molar-refractivity contribution in [3.63, 3.8) is 0 Å². The molecule has 10 heteroatoms. The van der Waals surface area contributed by atoms with Crippen LogP contribution in [0.3, 0.4) is 0 Å². The second-order valence-electron chi connectivity index (χ2n) is 6.08. The molecule has 0 bridgehead atoms. The Kier molecular flexibility index (Phi) is 5.81. The average molecular weight is 401 g/mol. The third-order valence-electron chi connectivity index (χ3n) is 4.17. The van der Waals surface area contributed by atoms with Gasteiger partial charge in [-0.2, -0.15) is 0 Å². The largest absolute Gasteiger partial charge is 0.350 e. The smallest absolute Gasteiger partial charge is 0.278 e. The van der Waals surface area contributed by atoms with E-state index in [1.807, 2.05) is 0 Å². The zero-order valence-electron chi connectivity index (χ0n) is 15.1. The molecule has 28 heavy (non-hydrogen) atoms. The van der Waals surface area contributed by atoms with Crippen LogP contribution in [0.15, 0.2) is 53.3 Å². The minimum Gasteiger partial charge on any atom is -0.350 e. The van der Waals surface area contributed by atoms with Gasteiger partial charge in [0.05, 0.1) is 11.1 Å². The Morgan fingerprint density at radius 2 is 1.75 bits per heavy atom. The fraction of sp³-hybridized carbons (Fsp3) is 0.222. The fourth-order valence-corrected chi connectivity index (χ4v) is 3.50. The molecular formula is C18H19N5O4S. The number of hydrogen-bond donors (Lipinski definition) is 2. The molecule has 3 aromatic rings. The summed E-state index contributed by atoms with van der Waals surface area (Å²) in [5, 5.41) is 10.8. The predicted octanol–water partition coefficient (Wildman–Crippen LogP) is 0.157. The Hall–Kier alpha value is -3.11. The Morgan fingerprint density at radius 1 is 1.07 bits per heavy atom. The van der Waals surface area contributed by atoms with Crippen LogP contribution in [0.5, 0.6) is 0 Å². The quantitative estimate of drug-likeness (QED) is 0.581. The Balaban J connectivity index is 1.70. The van der Waals surface area contributed by atoms with Crippen LogP contribution >= 0.6 is 0 Å². The van der Waals surface area contributed by atoms with E-state index in [4.69, 9.17) is 0 Å². The minimum absolute atomic E-state index is 0.129. The maximum absolute atomic E-state index is 12.4. The number of carbonyl (C=O) groups excluding carboxylic acids is 1. The summed E-state index contributed by atoms with van der Waals surface area (Å²) in [7, 11) is -2.09. The van der Waals surface area contributed by atoms with Crippen molar-refractivity contribution in [2.45, 2.75) is 18.8 Å². The molecule has 0 aliphatic rings. The van der Waals surface area contributed by atoms with Crippen molar-refractivity contribution in [2.75, 3.05) is 7.05 Å². The summed E-state index contributed by atoms with van der Waals surface area (Å²) in [5.74, 6) is -0.622.